The summed E-state index contributed by atoms with van der Waals surface area (Å²) in [5, 5.41) is 2.61. The molecule has 1 heterocycles. The van der Waals surface area contributed by atoms with Crippen LogP contribution in [-0.4, -0.2) is 13.4 Å². The van der Waals surface area contributed by atoms with Gasteiger partial charge in [-0.25, -0.2) is 18.1 Å². The molecular formula is C12H16N4O2S2. The molecule has 0 saturated carbocycles. The molecule has 0 aliphatic carbocycles. The summed E-state index contributed by atoms with van der Waals surface area (Å²) >= 11 is 1.43. The zero-order valence-electron chi connectivity index (χ0n) is 11.1. The monoisotopic (exact) mass is 312 g/mol. The molecule has 1 aromatic carbocycles. The maximum Gasteiger partial charge on any atom is 0.243 e. The van der Waals surface area contributed by atoms with Crippen molar-refractivity contribution < 1.29 is 8.42 Å². The van der Waals surface area contributed by atoms with Crippen molar-refractivity contribution >= 4 is 27.0 Å². The first-order valence-electron chi connectivity index (χ1n) is 5.94. The number of hydrogen-bond donors (Lipinski definition) is 3. The lowest BCUT2D eigenvalue weighted by molar-refractivity contribution is 0.566. The Balaban J connectivity index is 2.27. The average molecular weight is 312 g/mol. The third-order valence-electron chi connectivity index (χ3n) is 2.67. The van der Waals surface area contributed by atoms with E-state index in [0.29, 0.717) is 5.69 Å². The van der Waals surface area contributed by atoms with E-state index in [2.05, 4.69) is 15.1 Å². The number of aromatic nitrogens is 1. The van der Waals surface area contributed by atoms with Crippen LogP contribution in [0, 0.1) is 6.92 Å². The number of sulfonamides is 1. The van der Waals surface area contributed by atoms with Crippen molar-refractivity contribution in [1.82, 2.24) is 9.71 Å². The molecule has 8 heteroatoms. The lowest BCUT2D eigenvalue weighted by Gasteiger charge is -2.14. The van der Waals surface area contributed by atoms with Gasteiger partial charge in [0.15, 0.2) is 0 Å². The van der Waals surface area contributed by atoms with Gasteiger partial charge < -0.3 is 5.43 Å². The molecule has 0 aliphatic rings. The summed E-state index contributed by atoms with van der Waals surface area (Å²) < 4.78 is 27.3. The molecule has 2 rings (SSSR count). The Morgan fingerprint density at radius 2 is 2.05 bits per heavy atom. The number of thiazole rings is 1. The molecule has 0 bridgehead atoms. The van der Waals surface area contributed by atoms with Gasteiger partial charge in [0.2, 0.25) is 10.0 Å². The van der Waals surface area contributed by atoms with Gasteiger partial charge in [-0.3, -0.25) is 5.84 Å². The van der Waals surface area contributed by atoms with Gasteiger partial charge in [0, 0.05) is 11.1 Å². The quantitative estimate of drug-likeness (QED) is 0.577. The molecule has 4 N–H and O–H groups in total. The number of hydrazine groups is 1. The number of anilines is 1. The highest BCUT2D eigenvalue weighted by Crippen LogP contribution is 2.23. The van der Waals surface area contributed by atoms with Crippen molar-refractivity contribution in [2.75, 3.05) is 5.43 Å². The minimum atomic E-state index is -3.67. The maximum atomic E-state index is 12.4. The first-order valence-corrected chi connectivity index (χ1v) is 8.30. The van der Waals surface area contributed by atoms with Crippen LogP contribution in [0.25, 0.3) is 0 Å². The molecule has 1 aromatic heterocycles. The van der Waals surface area contributed by atoms with E-state index < -0.39 is 16.1 Å². The van der Waals surface area contributed by atoms with Gasteiger partial charge in [-0.1, -0.05) is 12.1 Å². The molecular weight excluding hydrogens is 296 g/mol. The van der Waals surface area contributed by atoms with Crippen molar-refractivity contribution in [3.63, 3.8) is 0 Å². The number of aryl methyl sites for hydroxylation is 1. The summed E-state index contributed by atoms with van der Waals surface area (Å²) in [5.41, 5.74) is 3.61. The van der Waals surface area contributed by atoms with Crippen LogP contribution < -0.4 is 16.0 Å². The van der Waals surface area contributed by atoms with Crippen molar-refractivity contribution in [3.05, 3.63) is 40.3 Å². The number of nitrogen functional groups attached to an aromatic ring is 1. The van der Waals surface area contributed by atoms with Gasteiger partial charge in [0.25, 0.3) is 0 Å². The van der Waals surface area contributed by atoms with E-state index in [4.69, 9.17) is 5.84 Å². The fraction of sp³-hybridized carbons (Fsp3) is 0.250. The van der Waals surface area contributed by atoms with Crippen LogP contribution in [0.2, 0.25) is 0 Å². The summed E-state index contributed by atoms with van der Waals surface area (Å²) in [6.07, 6.45) is 0. The highest BCUT2D eigenvalue weighted by Gasteiger charge is 2.22. The maximum absolute atomic E-state index is 12.4. The number of hydrogen-bond acceptors (Lipinski definition) is 6. The largest absolute Gasteiger partial charge is 0.323 e. The minimum absolute atomic E-state index is 0.114. The fourth-order valence-electron chi connectivity index (χ4n) is 1.74. The van der Waals surface area contributed by atoms with Crippen LogP contribution in [-0.2, 0) is 10.0 Å². The second-order valence-electron chi connectivity index (χ2n) is 4.31. The predicted octanol–water partition coefficient (Wildman–Crippen LogP) is 1.78. The van der Waals surface area contributed by atoms with Crippen LogP contribution in [0.5, 0.6) is 0 Å². The Bertz CT molecular complexity index is 697. The van der Waals surface area contributed by atoms with Crippen LogP contribution in [0.1, 0.15) is 23.7 Å². The molecule has 20 heavy (non-hydrogen) atoms. The second kappa shape index (κ2) is 5.88. The summed E-state index contributed by atoms with van der Waals surface area (Å²) in [6.45, 7) is 3.63. The number of nitrogens with one attached hydrogen (secondary N) is 2. The molecule has 1 unspecified atom stereocenters. The Hall–Kier alpha value is -1.48. The number of rotatable bonds is 5. The van der Waals surface area contributed by atoms with Crippen LogP contribution in [0.3, 0.4) is 0 Å². The smallest absolute Gasteiger partial charge is 0.243 e. The molecule has 0 saturated heterocycles. The third kappa shape index (κ3) is 3.15. The SMILES string of the molecule is Cc1csc(C(C)NS(=O)(=O)c2ccccc2NN)n1. The van der Waals surface area contributed by atoms with Gasteiger partial charge in [-0.05, 0) is 26.0 Å². The van der Waals surface area contributed by atoms with Crippen LogP contribution in [0.4, 0.5) is 5.69 Å². The van der Waals surface area contributed by atoms with Crippen molar-refractivity contribution in [3.8, 4) is 0 Å². The lowest BCUT2D eigenvalue weighted by Crippen LogP contribution is -2.28. The van der Waals surface area contributed by atoms with E-state index in [-0.39, 0.29) is 4.90 Å². The topological polar surface area (TPSA) is 97.1 Å². The summed E-state index contributed by atoms with van der Waals surface area (Å²) in [7, 11) is -3.67. The van der Waals surface area contributed by atoms with E-state index in [1.54, 1.807) is 25.1 Å². The van der Waals surface area contributed by atoms with E-state index in [0.717, 1.165) is 10.7 Å². The molecule has 0 aliphatic heterocycles. The fourth-order valence-corrected chi connectivity index (χ4v) is 3.99. The molecule has 0 radical (unpaired) electrons. The average Bonchev–Trinajstić information content (AvgIpc) is 2.85. The van der Waals surface area contributed by atoms with E-state index >= 15 is 0 Å². The Morgan fingerprint density at radius 1 is 1.35 bits per heavy atom. The minimum Gasteiger partial charge on any atom is -0.323 e. The normalized spacial score (nSPS) is 13.2. The molecule has 0 amide bonds. The van der Waals surface area contributed by atoms with Crippen molar-refractivity contribution in [2.24, 2.45) is 5.84 Å². The Morgan fingerprint density at radius 3 is 2.65 bits per heavy atom. The molecule has 1 atom stereocenters. The van der Waals surface area contributed by atoms with E-state index in [1.165, 1.54) is 17.4 Å². The third-order valence-corrected chi connectivity index (χ3v) is 5.42. The van der Waals surface area contributed by atoms with Crippen molar-refractivity contribution in [2.45, 2.75) is 24.8 Å². The van der Waals surface area contributed by atoms with Gasteiger partial charge in [-0.2, -0.15) is 0 Å². The summed E-state index contributed by atoms with van der Waals surface area (Å²) in [5.74, 6) is 5.34. The van der Waals surface area contributed by atoms with Gasteiger partial charge >= 0.3 is 0 Å². The number of benzene rings is 1. The molecule has 2 aromatic rings. The molecule has 6 nitrogen and oxygen atoms in total. The lowest BCUT2D eigenvalue weighted by atomic mass is 10.3. The molecule has 108 valence electrons. The van der Waals surface area contributed by atoms with Gasteiger partial charge in [0.05, 0.1) is 11.7 Å². The second-order valence-corrected chi connectivity index (χ2v) is 6.88. The predicted molar refractivity (Wildman–Crippen MR) is 79.8 cm³/mol. The van der Waals surface area contributed by atoms with Crippen molar-refractivity contribution in [1.29, 1.82) is 0 Å². The van der Waals surface area contributed by atoms with Gasteiger partial charge in [-0.15, -0.1) is 11.3 Å². The summed E-state index contributed by atoms with van der Waals surface area (Å²) in [6, 6.07) is 6.06. The number of para-hydroxylation sites is 1. The first kappa shape index (κ1) is 14.9. The number of nitrogens with zero attached hydrogens (tertiary/aromatic N) is 1. The highest BCUT2D eigenvalue weighted by atomic mass is 32.2. The van der Waals surface area contributed by atoms with E-state index in [1.807, 2.05) is 12.3 Å². The van der Waals surface area contributed by atoms with Crippen LogP contribution >= 0.6 is 11.3 Å². The zero-order chi connectivity index (χ0) is 14.8. The number of nitrogens with two attached hydrogens (primary N) is 1. The van der Waals surface area contributed by atoms with Crippen LogP contribution in [0.15, 0.2) is 34.5 Å². The highest BCUT2D eigenvalue weighted by molar-refractivity contribution is 7.89. The Labute approximate surface area is 122 Å². The Kier molecular flexibility index (Phi) is 4.39. The molecule has 0 fully saturated rings. The van der Waals surface area contributed by atoms with E-state index in [9.17, 15) is 8.42 Å². The standard InChI is InChI=1S/C12H16N4O2S2/c1-8-7-19-12(14-8)9(2)16-20(17,18)11-6-4-3-5-10(11)15-13/h3-7,9,15-16H,13H2,1-2H3. The molecule has 0 spiro atoms. The summed E-state index contributed by atoms with van der Waals surface area (Å²) in [4.78, 5) is 4.40. The van der Waals surface area contributed by atoms with Gasteiger partial charge in [0.1, 0.15) is 9.90 Å². The zero-order valence-corrected chi connectivity index (χ0v) is 12.8. The first-order chi connectivity index (χ1) is 9.44.